The maximum Gasteiger partial charge on any atom is 0.472 e. The van der Waals surface area contributed by atoms with Crippen LogP contribution in [0.4, 0.5) is 0 Å². The van der Waals surface area contributed by atoms with Gasteiger partial charge in [-0.3, -0.25) is 37.3 Å². The molecule has 0 bridgehead atoms. The summed E-state index contributed by atoms with van der Waals surface area (Å²) in [6.07, 6.45) is 44.7. The molecule has 0 rings (SSSR count). The monoisotopic (exact) mass is 1250 g/mol. The van der Waals surface area contributed by atoms with Gasteiger partial charge in [0.2, 0.25) is 0 Å². The average Bonchev–Trinajstić information content (AvgIpc) is 3.56. The molecule has 0 aromatic carbocycles. The van der Waals surface area contributed by atoms with E-state index < -0.39 is 97.5 Å². The number of aliphatic hydroxyl groups is 1. The van der Waals surface area contributed by atoms with E-state index in [1.54, 1.807) is 0 Å². The Balaban J connectivity index is 5.16. The molecule has 0 radical (unpaired) electrons. The molecule has 0 aliphatic rings. The zero-order valence-electron chi connectivity index (χ0n) is 54.7. The molecule has 0 heterocycles. The van der Waals surface area contributed by atoms with E-state index in [1.165, 1.54) is 141 Å². The lowest BCUT2D eigenvalue weighted by Gasteiger charge is -2.21. The molecule has 85 heavy (non-hydrogen) atoms. The fourth-order valence-electron chi connectivity index (χ4n) is 9.94. The molecule has 0 saturated carbocycles. The minimum absolute atomic E-state index is 0.105. The summed E-state index contributed by atoms with van der Waals surface area (Å²) in [5.41, 5.74) is 0. The van der Waals surface area contributed by atoms with Crippen LogP contribution in [0, 0.1) is 5.92 Å². The fraction of sp³-hybridized carbons (Fsp3) is 0.939. The van der Waals surface area contributed by atoms with Crippen LogP contribution in [0.1, 0.15) is 336 Å². The van der Waals surface area contributed by atoms with Crippen LogP contribution in [0.5, 0.6) is 0 Å². The maximum absolute atomic E-state index is 13.0. The highest BCUT2D eigenvalue weighted by Crippen LogP contribution is 2.45. The maximum atomic E-state index is 13.0. The number of phosphoric ester groups is 2. The molecule has 5 atom stereocenters. The lowest BCUT2D eigenvalue weighted by Crippen LogP contribution is -2.30. The molecule has 0 amide bonds. The Kier molecular flexibility index (Phi) is 58.3. The number of esters is 4. The second-order valence-electron chi connectivity index (χ2n) is 24.3. The van der Waals surface area contributed by atoms with Gasteiger partial charge in [-0.25, -0.2) is 9.13 Å². The zero-order chi connectivity index (χ0) is 62.8. The third-order valence-corrected chi connectivity index (χ3v) is 17.2. The number of carbonyl (C=O) groups excluding carboxylic acids is 4. The predicted octanol–water partition coefficient (Wildman–Crippen LogP) is 18.6. The van der Waals surface area contributed by atoms with Gasteiger partial charge in [0.25, 0.3) is 0 Å². The highest BCUT2D eigenvalue weighted by molar-refractivity contribution is 7.47. The number of rotatable bonds is 66. The van der Waals surface area contributed by atoms with Crippen molar-refractivity contribution < 1.29 is 80.2 Å². The smallest absolute Gasteiger partial charge is 0.462 e. The highest BCUT2D eigenvalue weighted by atomic mass is 31.2. The Bertz CT molecular complexity index is 1650. The van der Waals surface area contributed by atoms with E-state index >= 15 is 0 Å². The second-order valence-corrected chi connectivity index (χ2v) is 27.2. The number of hydrogen-bond donors (Lipinski definition) is 3. The largest absolute Gasteiger partial charge is 0.472 e. The standard InChI is InChI=1S/C66H128O17P2/c1-6-9-12-15-18-20-21-22-23-24-25-26-27-28-31-37-42-47-52-66(71)83-62(56-77-64(69)50-45-40-36-32-29-30-34-38-43-48-59(4)5)58-81-85(74,75)79-54-60(67)53-78-84(72,73)80-57-61(55-76-63(68)49-44-39-33-17-14-11-8-3)82-65(70)51-46-41-35-19-16-13-10-7-2/h59-62,67H,6-58H2,1-5H3,(H,72,73)(H,74,75)/t60-,61+,62+/m0/s1. The van der Waals surface area contributed by atoms with Crippen LogP contribution in [0.3, 0.4) is 0 Å². The van der Waals surface area contributed by atoms with Gasteiger partial charge in [-0.1, -0.05) is 285 Å². The van der Waals surface area contributed by atoms with Gasteiger partial charge in [0, 0.05) is 25.7 Å². The summed E-state index contributed by atoms with van der Waals surface area (Å²) >= 11 is 0. The summed E-state index contributed by atoms with van der Waals surface area (Å²) < 4.78 is 67.9. The van der Waals surface area contributed by atoms with Gasteiger partial charge in [0.1, 0.15) is 19.3 Å². The summed E-state index contributed by atoms with van der Waals surface area (Å²) in [4.78, 5) is 72.1. The van der Waals surface area contributed by atoms with Gasteiger partial charge < -0.3 is 33.8 Å². The van der Waals surface area contributed by atoms with Crippen LogP contribution in [-0.2, 0) is 65.4 Å². The molecule has 504 valence electrons. The number of carbonyl (C=O) groups is 4. The van der Waals surface area contributed by atoms with Crippen LogP contribution >= 0.6 is 15.6 Å². The molecule has 2 unspecified atom stereocenters. The van der Waals surface area contributed by atoms with Crippen molar-refractivity contribution in [3.63, 3.8) is 0 Å². The van der Waals surface area contributed by atoms with Crippen molar-refractivity contribution in [2.75, 3.05) is 39.6 Å². The zero-order valence-corrected chi connectivity index (χ0v) is 56.5. The predicted molar refractivity (Wildman–Crippen MR) is 340 cm³/mol. The van der Waals surface area contributed by atoms with E-state index in [9.17, 15) is 43.2 Å². The lowest BCUT2D eigenvalue weighted by atomic mass is 10.0. The number of phosphoric acid groups is 2. The van der Waals surface area contributed by atoms with Crippen molar-refractivity contribution in [1.29, 1.82) is 0 Å². The molecule has 0 aromatic rings. The summed E-state index contributed by atoms with van der Waals surface area (Å²) in [5, 5.41) is 10.5. The molecule has 19 heteroatoms. The molecule has 0 saturated heterocycles. The highest BCUT2D eigenvalue weighted by Gasteiger charge is 2.30. The minimum atomic E-state index is -4.95. The molecule has 0 aromatic heterocycles. The Morgan fingerprint density at radius 1 is 0.318 bits per heavy atom. The van der Waals surface area contributed by atoms with Crippen molar-refractivity contribution in [1.82, 2.24) is 0 Å². The van der Waals surface area contributed by atoms with Gasteiger partial charge in [0.15, 0.2) is 12.2 Å². The second kappa shape index (κ2) is 59.7. The number of unbranched alkanes of at least 4 members (excludes halogenated alkanes) is 38. The van der Waals surface area contributed by atoms with Gasteiger partial charge in [-0.05, 0) is 31.6 Å². The topological polar surface area (TPSA) is 237 Å². The molecule has 0 fully saturated rings. The number of ether oxygens (including phenoxy) is 4. The summed E-state index contributed by atoms with van der Waals surface area (Å²) in [5.74, 6) is -1.39. The Labute approximate surface area is 517 Å². The van der Waals surface area contributed by atoms with E-state index in [4.69, 9.17) is 37.0 Å². The quantitative estimate of drug-likeness (QED) is 0.0222. The number of hydrogen-bond acceptors (Lipinski definition) is 15. The van der Waals surface area contributed by atoms with Crippen molar-refractivity contribution in [3.8, 4) is 0 Å². The molecular formula is C66H128O17P2. The first-order valence-corrected chi connectivity index (χ1v) is 37.6. The first-order chi connectivity index (χ1) is 41.0. The van der Waals surface area contributed by atoms with Crippen LogP contribution in [0.15, 0.2) is 0 Å². The molecule has 0 spiro atoms. The Hall–Kier alpha value is -1.94. The molecule has 17 nitrogen and oxygen atoms in total. The van der Waals surface area contributed by atoms with Gasteiger partial charge in [-0.15, -0.1) is 0 Å². The van der Waals surface area contributed by atoms with E-state index in [-0.39, 0.29) is 25.7 Å². The third kappa shape index (κ3) is 60.7. The van der Waals surface area contributed by atoms with E-state index in [2.05, 4.69) is 34.6 Å². The minimum Gasteiger partial charge on any atom is -0.462 e. The van der Waals surface area contributed by atoms with Crippen LogP contribution in [-0.4, -0.2) is 96.7 Å². The van der Waals surface area contributed by atoms with E-state index in [0.717, 1.165) is 115 Å². The normalized spacial score (nSPS) is 14.2. The van der Waals surface area contributed by atoms with Gasteiger partial charge in [-0.2, -0.15) is 0 Å². The van der Waals surface area contributed by atoms with Crippen LogP contribution < -0.4 is 0 Å². The summed E-state index contributed by atoms with van der Waals surface area (Å²) in [6, 6.07) is 0. The first-order valence-electron chi connectivity index (χ1n) is 34.6. The Morgan fingerprint density at radius 2 is 0.541 bits per heavy atom. The SMILES string of the molecule is CCCCCCCCCCCCCCCCCCCCC(=O)O[C@H](COC(=O)CCCCCCCCCCCC(C)C)COP(=O)(O)OC[C@@H](O)COP(=O)(O)OC[C@@H](COC(=O)CCCCCCCCC)OC(=O)CCCCCCCCCC. The first kappa shape index (κ1) is 83.1. The van der Waals surface area contributed by atoms with Crippen molar-refractivity contribution in [2.45, 2.75) is 355 Å². The third-order valence-electron chi connectivity index (χ3n) is 15.3. The number of aliphatic hydroxyl groups excluding tert-OH is 1. The molecule has 0 aliphatic heterocycles. The fourth-order valence-corrected chi connectivity index (χ4v) is 11.5. The van der Waals surface area contributed by atoms with Crippen LogP contribution in [0.2, 0.25) is 0 Å². The lowest BCUT2D eigenvalue weighted by molar-refractivity contribution is -0.161. The van der Waals surface area contributed by atoms with Crippen molar-refractivity contribution in [3.05, 3.63) is 0 Å². The van der Waals surface area contributed by atoms with E-state index in [1.807, 2.05) is 0 Å². The van der Waals surface area contributed by atoms with Gasteiger partial charge in [0.05, 0.1) is 26.4 Å². The summed E-state index contributed by atoms with van der Waals surface area (Å²) in [7, 11) is -9.88. The van der Waals surface area contributed by atoms with Gasteiger partial charge >= 0.3 is 39.5 Å². The van der Waals surface area contributed by atoms with Crippen LogP contribution in [0.25, 0.3) is 0 Å². The Morgan fingerprint density at radius 3 is 0.800 bits per heavy atom. The summed E-state index contributed by atoms with van der Waals surface area (Å²) in [6.45, 7) is 7.13. The average molecular weight is 1260 g/mol. The molecule has 0 aliphatic carbocycles. The molecule has 3 N–H and O–H groups in total. The van der Waals surface area contributed by atoms with Crippen molar-refractivity contribution in [2.24, 2.45) is 5.92 Å². The van der Waals surface area contributed by atoms with E-state index in [0.29, 0.717) is 25.7 Å². The molecular weight excluding hydrogens is 1130 g/mol. The van der Waals surface area contributed by atoms with Crippen molar-refractivity contribution >= 4 is 39.5 Å².